The number of thiazole rings is 1. The van der Waals surface area contributed by atoms with Crippen LogP contribution in [0.3, 0.4) is 0 Å². The van der Waals surface area contributed by atoms with Gasteiger partial charge in [0.25, 0.3) is 0 Å². The molecule has 0 saturated carbocycles. The highest BCUT2D eigenvalue weighted by Gasteiger charge is 2.11. The van der Waals surface area contributed by atoms with Crippen LogP contribution >= 0.6 is 27.3 Å². The van der Waals surface area contributed by atoms with Crippen molar-refractivity contribution >= 4 is 27.3 Å². The van der Waals surface area contributed by atoms with Crippen LogP contribution in [0.1, 0.15) is 22.4 Å². The zero-order valence-corrected chi connectivity index (χ0v) is 11.3. The van der Waals surface area contributed by atoms with E-state index in [1.807, 2.05) is 36.6 Å². The third kappa shape index (κ3) is 2.90. The van der Waals surface area contributed by atoms with Crippen molar-refractivity contribution in [2.75, 3.05) is 0 Å². The molecule has 0 radical (unpaired) electrons. The van der Waals surface area contributed by atoms with Gasteiger partial charge in [-0.3, -0.25) is 0 Å². The van der Waals surface area contributed by atoms with Gasteiger partial charge in [0.15, 0.2) is 0 Å². The van der Waals surface area contributed by atoms with Crippen molar-refractivity contribution in [2.24, 2.45) is 0 Å². The van der Waals surface area contributed by atoms with Gasteiger partial charge in [-0.2, -0.15) is 0 Å². The molecule has 4 heteroatoms. The molecule has 1 aromatic carbocycles. The number of nitrogens with zero attached hydrogens (tertiary/aromatic N) is 1. The Morgan fingerprint density at radius 2 is 2.06 bits per heavy atom. The summed E-state index contributed by atoms with van der Waals surface area (Å²) in [7, 11) is 0. The van der Waals surface area contributed by atoms with E-state index < -0.39 is 6.10 Å². The molecule has 1 heterocycles. The molecule has 2 aromatic rings. The van der Waals surface area contributed by atoms with Crippen LogP contribution in [0.25, 0.3) is 0 Å². The fourth-order valence-electron chi connectivity index (χ4n) is 1.46. The Morgan fingerprint density at radius 1 is 1.38 bits per heavy atom. The Kier molecular flexibility index (Phi) is 3.74. The van der Waals surface area contributed by atoms with E-state index >= 15 is 0 Å². The van der Waals surface area contributed by atoms with E-state index in [9.17, 15) is 5.11 Å². The molecular weight excluding hydrogens is 286 g/mol. The topological polar surface area (TPSA) is 33.1 Å². The number of aryl methyl sites for hydroxylation is 1. The molecule has 0 aliphatic rings. The van der Waals surface area contributed by atoms with E-state index in [0.717, 1.165) is 20.7 Å². The maximum absolute atomic E-state index is 9.99. The molecule has 1 N–H and O–H groups in total. The second-order valence-corrected chi connectivity index (χ2v) is 5.48. The SMILES string of the molecule is Cc1csc(C(O)Cc2ccc(Br)cc2)n1. The molecule has 0 fully saturated rings. The molecule has 0 saturated heterocycles. The average molecular weight is 298 g/mol. The largest absolute Gasteiger partial charge is 0.386 e. The van der Waals surface area contributed by atoms with E-state index in [-0.39, 0.29) is 0 Å². The first kappa shape index (κ1) is 11.8. The van der Waals surface area contributed by atoms with Crippen molar-refractivity contribution < 1.29 is 5.11 Å². The van der Waals surface area contributed by atoms with E-state index in [0.29, 0.717) is 6.42 Å². The van der Waals surface area contributed by atoms with E-state index in [1.54, 1.807) is 0 Å². The van der Waals surface area contributed by atoms with Crippen molar-refractivity contribution in [2.45, 2.75) is 19.4 Å². The standard InChI is InChI=1S/C12H12BrNOS/c1-8-7-16-12(14-8)11(15)6-9-2-4-10(13)5-3-9/h2-5,7,11,15H,6H2,1H3. The van der Waals surface area contributed by atoms with Crippen molar-refractivity contribution in [3.63, 3.8) is 0 Å². The maximum Gasteiger partial charge on any atom is 0.122 e. The normalized spacial score (nSPS) is 12.7. The molecular formula is C12H12BrNOS. The van der Waals surface area contributed by atoms with E-state index in [1.165, 1.54) is 11.3 Å². The number of hydrogen-bond donors (Lipinski definition) is 1. The number of halogens is 1. The number of rotatable bonds is 3. The molecule has 1 aromatic heterocycles. The number of hydrogen-bond acceptors (Lipinski definition) is 3. The third-order valence-electron chi connectivity index (χ3n) is 2.26. The maximum atomic E-state index is 9.99. The lowest BCUT2D eigenvalue weighted by atomic mass is 10.1. The second kappa shape index (κ2) is 5.08. The monoisotopic (exact) mass is 297 g/mol. The minimum atomic E-state index is -0.500. The summed E-state index contributed by atoms with van der Waals surface area (Å²) in [5, 5.41) is 12.7. The van der Waals surface area contributed by atoms with Crippen LogP contribution in [0.2, 0.25) is 0 Å². The van der Waals surface area contributed by atoms with Gasteiger partial charge in [0.1, 0.15) is 11.1 Å². The van der Waals surface area contributed by atoms with Crippen molar-refractivity contribution in [3.05, 3.63) is 50.4 Å². The highest BCUT2D eigenvalue weighted by Crippen LogP contribution is 2.22. The van der Waals surface area contributed by atoms with Gasteiger partial charge in [0.05, 0.1) is 0 Å². The Hall–Kier alpha value is -0.710. The van der Waals surface area contributed by atoms with Gasteiger partial charge in [-0.05, 0) is 24.6 Å². The molecule has 0 bridgehead atoms. The van der Waals surface area contributed by atoms with Gasteiger partial charge in [-0.25, -0.2) is 4.98 Å². The van der Waals surface area contributed by atoms with Gasteiger partial charge in [0.2, 0.25) is 0 Å². The van der Waals surface area contributed by atoms with Crippen LogP contribution in [-0.2, 0) is 6.42 Å². The molecule has 2 rings (SSSR count). The quantitative estimate of drug-likeness (QED) is 0.941. The van der Waals surface area contributed by atoms with Crippen LogP contribution in [0.5, 0.6) is 0 Å². The second-order valence-electron chi connectivity index (χ2n) is 3.67. The molecule has 1 unspecified atom stereocenters. The molecule has 0 spiro atoms. The summed E-state index contributed by atoms with van der Waals surface area (Å²) < 4.78 is 1.05. The minimum Gasteiger partial charge on any atom is -0.386 e. The molecule has 1 atom stereocenters. The predicted molar refractivity (Wildman–Crippen MR) is 69.7 cm³/mol. The molecule has 16 heavy (non-hydrogen) atoms. The number of aliphatic hydroxyl groups excluding tert-OH is 1. The highest BCUT2D eigenvalue weighted by atomic mass is 79.9. The summed E-state index contributed by atoms with van der Waals surface area (Å²) in [5.74, 6) is 0. The van der Waals surface area contributed by atoms with Gasteiger partial charge < -0.3 is 5.11 Å². The smallest absolute Gasteiger partial charge is 0.122 e. The van der Waals surface area contributed by atoms with Crippen LogP contribution < -0.4 is 0 Å². The summed E-state index contributed by atoms with van der Waals surface area (Å²) in [4.78, 5) is 4.28. The molecule has 2 nitrogen and oxygen atoms in total. The lowest BCUT2D eigenvalue weighted by molar-refractivity contribution is 0.178. The lowest BCUT2D eigenvalue weighted by Gasteiger charge is -2.07. The third-order valence-corrected chi connectivity index (χ3v) is 3.86. The Balaban J connectivity index is 2.07. The summed E-state index contributed by atoms with van der Waals surface area (Å²) in [6.45, 7) is 1.94. The minimum absolute atomic E-state index is 0.500. The van der Waals surface area contributed by atoms with Gasteiger partial charge in [-0.1, -0.05) is 28.1 Å². The summed E-state index contributed by atoms with van der Waals surface area (Å²) >= 11 is 4.90. The zero-order valence-electron chi connectivity index (χ0n) is 8.85. The number of benzene rings is 1. The van der Waals surface area contributed by atoms with Crippen LogP contribution in [0.15, 0.2) is 34.1 Å². The Bertz CT molecular complexity index is 466. The first-order chi connectivity index (χ1) is 7.65. The zero-order chi connectivity index (χ0) is 11.5. The van der Waals surface area contributed by atoms with Gasteiger partial charge in [0, 0.05) is 22.0 Å². The fraction of sp³-hybridized carbons (Fsp3) is 0.250. The number of aliphatic hydroxyl groups is 1. The van der Waals surface area contributed by atoms with Gasteiger partial charge >= 0.3 is 0 Å². The van der Waals surface area contributed by atoms with Crippen molar-refractivity contribution in [1.82, 2.24) is 4.98 Å². The van der Waals surface area contributed by atoms with Crippen molar-refractivity contribution in [3.8, 4) is 0 Å². The molecule has 0 amide bonds. The molecule has 0 aliphatic carbocycles. The van der Waals surface area contributed by atoms with Crippen LogP contribution in [-0.4, -0.2) is 10.1 Å². The first-order valence-corrected chi connectivity index (χ1v) is 6.67. The Labute approximate surface area is 107 Å². The average Bonchev–Trinajstić information content (AvgIpc) is 2.68. The predicted octanol–water partition coefficient (Wildman–Crippen LogP) is 3.49. The summed E-state index contributed by atoms with van der Waals surface area (Å²) in [6, 6.07) is 7.98. The Morgan fingerprint density at radius 3 is 2.62 bits per heavy atom. The first-order valence-electron chi connectivity index (χ1n) is 4.99. The highest BCUT2D eigenvalue weighted by molar-refractivity contribution is 9.10. The summed E-state index contributed by atoms with van der Waals surface area (Å²) in [5.41, 5.74) is 2.08. The fourth-order valence-corrected chi connectivity index (χ4v) is 2.50. The van der Waals surface area contributed by atoms with Crippen molar-refractivity contribution in [1.29, 1.82) is 0 Å². The number of aromatic nitrogens is 1. The van der Waals surface area contributed by atoms with Crippen LogP contribution in [0.4, 0.5) is 0 Å². The molecule has 84 valence electrons. The van der Waals surface area contributed by atoms with E-state index in [2.05, 4.69) is 20.9 Å². The molecule has 0 aliphatic heterocycles. The lowest BCUT2D eigenvalue weighted by Crippen LogP contribution is -2.01. The van der Waals surface area contributed by atoms with Gasteiger partial charge in [-0.15, -0.1) is 11.3 Å². The summed E-state index contributed by atoms with van der Waals surface area (Å²) in [6.07, 6.45) is 0.111. The van der Waals surface area contributed by atoms with Crippen LogP contribution in [0, 0.1) is 6.92 Å². The van der Waals surface area contributed by atoms with E-state index in [4.69, 9.17) is 0 Å².